The highest BCUT2D eigenvalue weighted by Crippen LogP contribution is 2.35. The number of hydrogen-bond acceptors (Lipinski definition) is 5. The Bertz CT molecular complexity index is 925. The highest BCUT2D eigenvalue weighted by molar-refractivity contribution is 7.71. The lowest BCUT2D eigenvalue weighted by Gasteiger charge is -2.30. The molecule has 2 aromatic rings. The van der Waals surface area contributed by atoms with Gasteiger partial charge in [0.15, 0.2) is 6.23 Å². The van der Waals surface area contributed by atoms with Crippen LogP contribution in [0.15, 0.2) is 30.5 Å². The van der Waals surface area contributed by atoms with Gasteiger partial charge in [0.05, 0.1) is 17.8 Å². The number of hydrogen-bond donors (Lipinski definition) is 1. The predicted molar refractivity (Wildman–Crippen MR) is 118 cm³/mol. The van der Waals surface area contributed by atoms with Crippen LogP contribution in [0.3, 0.4) is 0 Å². The lowest BCUT2D eigenvalue weighted by Crippen LogP contribution is -2.42. The number of aromatic nitrogens is 1. The van der Waals surface area contributed by atoms with E-state index in [1.165, 1.54) is 5.56 Å². The van der Waals surface area contributed by atoms with E-state index in [1.54, 1.807) is 0 Å². The van der Waals surface area contributed by atoms with Crippen molar-refractivity contribution < 1.29 is 19.3 Å². The van der Waals surface area contributed by atoms with Crippen LogP contribution in [-0.2, 0) is 14.2 Å². The van der Waals surface area contributed by atoms with E-state index >= 15 is 0 Å². The van der Waals surface area contributed by atoms with Gasteiger partial charge in [-0.05, 0) is 59.9 Å². The Kier molecular flexibility index (Phi) is 6.23. The molecule has 1 saturated heterocycles. The molecule has 29 heavy (non-hydrogen) atoms. The molecular weight excluding hydrogens is 386 g/mol. The Morgan fingerprint density at radius 2 is 1.79 bits per heavy atom. The molecule has 6 heteroatoms. The summed E-state index contributed by atoms with van der Waals surface area (Å²) in [5.41, 5.74) is 0.446. The van der Waals surface area contributed by atoms with Gasteiger partial charge in [0.2, 0.25) is 0 Å². The Morgan fingerprint density at radius 1 is 1.10 bits per heavy atom. The zero-order valence-corrected chi connectivity index (χ0v) is 19.2. The second-order valence-corrected chi connectivity index (χ2v) is 10.2. The summed E-state index contributed by atoms with van der Waals surface area (Å²) in [6.45, 7) is 14.3. The van der Waals surface area contributed by atoms with Crippen molar-refractivity contribution in [2.45, 2.75) is 84.2 Å². The minimum atomic E-state index is -0.864. The summed E-state index contributed by atoms with van der Waals surface area (Å²) in [5.74, 6) is 0. The quantitative estimate of drug-likeness (QED) is 0.712. The zero-order valence-electron chi connectivity index (χ0n) is 18.4. The molecule has 1 fully saturated rings. The van der Waals surface area contributed by atoms with Gasteiger partial charge in [-0.2, -0.15) is 0 Å². The fraction of sp³-hybridized carbons (Fsp3) is 0.609. The van der Waals surface area contributed by atoms with Crippen LogP contribution < -0.4 is 0 Å². The first-order valence-electron chi connectivity index (χ1n) is 10.1. The fourth-order valence-corrected chi connectivity index (χ4v) is 3.90. The molecule has 1 aromatic heterocycles. The first-order chi connectivity index (χ1) is 13.4. The summed E-state index contributed by atoms with van der Waals surface area (Å²) in [4.78, 5) is 0. The number of benzene rings is 1. The maximum Gasteiger partial charge on any atom is 0.163 e. The molecule has 0 bridgehead atoms. The summed E-state index contributed by atoms with van der Waals surface area (Å²) in [6.07, 6.45) is -0.521. The van der Waals surface area contributed by atoms with Crippen LogP contribution in [0.5, 0.6) is 0 Å². The molecule has 0 aliphatic carbocycles. The van der Waals surface area contributed by atoms with E-state index in [9.17, 15) is 5.11 Å². The second kappa shape index (κ2) is 8.08. The minimum Gasteiger partial charge on any atom is -0.386 e. The second-order valence-electron chi connectivity index (χ2n) is 9.79. The monoisotopic (exact) mass is 419 g/mol. The molecule has 2 heterocycles. The third-order valence-corrected chi connectivity index (χ3v) is 5.27. The van der Waals surface area contributed by atoms with Gasteiger partial charge in [-0.25, -0.2) is 0 Å². The fourth-order valence-electron chi connectivity index (χ4n) is 3.55. The molecule has 0 amide bonds. The van der Waals surface area contributed by atoms with Gasteiger partial charge in [-0.3, -0.25) is 0 Å². The standard InChI is InChI=1S/C23H33NO4S/c1-14-8-9-16-15(12-14)10-11-24(21(16)29)20-18(25)19(28-23(5,6)7)17(27-20)13-26-22(2,3)4/h8-12,17-20,25H,13H2,1-7H3/t17-,18+,19+,20-/m1/s1. The van der Waals surface area contributed by atoms with Crippen LogP contribution in [0.4, 0.5) is 0 Å². The average molecular weight is 420 g/mol. The van der Waals surface area contributed by atoms with Crippen molar-refractivity contribution in [3.05, 3.63) is 40.7 Å². The number of fused-ring (bicyclic) bond motifs is 1. The lowest BCUT2D eigenvalue weighted by atomic mass is 10.1. The van der Waals surface area contributed by atoms with E-state index in [4.69, 9.17) is 26.4 Å². The molecule has 0 saturated carbocycles. The number of aryl methyl sites for hydroxylation is 1. The summed E-state index contributed by atoms with van der Waals surface area (Å²) < 4.78 is 20.9. The molecule has 160 valence electrons. The van der Waals surface area contributed by atoms with Crippen LogP contribution in [0, 0.1) is 11.6 Å². The lowest BCUT2D eigenvalue weighted by molar-refractivity contribution is -0.138. The number of pyridine rings is 1. The van der Waals surface area contributed by atoms with Crippen molar-refractivity contribution in [1.82, 2.24) is 4.57 Å². The molecule has 4 atom stereocenters. The van der Waals surface area contributed by atoms with Crippen LogP contribution >= 0.6 is 12.2 Å². The molecule has 0 spiro atoms. The van der Waals surface area contributed by atoms with E-state index in [0.29, 0.717) is 11.2 Å². The number of aliphatic hydroxyl groups excluding tert-OH is 1. The SMILES string of the molecule is Cc1ccc2c(=S)n([C@@H]3O[C@H](COC(C)(C)C)[C@H](OC(C)(C)C)[C@@H]3O)ccc2c1. The smallest absolute Gasteiger partial charge is 0.163 e. The van der Waals surface area contributed by atoms with Gasteiger partial charge >= 0.3 is 0 Å². The zero-order chi connectivity index (χ0) is 21.6. The molecule has 1 aromatic carbocycles. The van der Waals surface area contributed by atoms with E-state index in [0.717, 1.165) is 10.8 Å². The van der Waals surface area contributed by atoms with E-state index < -0.39 is 30.1 Å². The van der Waals surface area contributed by atoms with Crippen molar-refractivity contribution in [3.8, 4) is 0 Å². The highest BCUT2D eigenvalue weighted by Gasteiger charge is 2.47. The first kappa shape index (κ1) is 22.4. The van der Waals surface area contributed by atoms with Crippen LogP contribution in [0.1, 0.15) is 53.3 Å². The molecule has 3 rings (SSSR count). The maximum atomic E-state index is 11.1. The largest absolute Gasteiger partial charge is 0.386 e. The van der Waals surface area contributed by atoms with Crippen molar-refractivity contribution in [3.63, 3.8) is 0 Å². The maximum absolute atomic E-state index is 11.1. The van der Waals surface area contributed by atoms with Crippen LogP contribution in [0.2, 0.25) is 0 Å². The molecule has 0 radical (unpaired) electrons. The predicted octanol–water partition coefficient (Wildman–Crippen LogP) is 4.94. The Balaban J connectivity index is 1.95. The van der Waals surface area contributed by atoms with Gasteiger partial charge in [0, 0.05) is 11.6 Å². The van der Waals surface area contributed by atoms with Gasteiger partial charge in [0.25, 0.3) is 0 Å². The van der Waals surface area contributed by atoms with Gasteiger partial charge in [-0.15, -0.1) is 0 Å². The number of aliphatic hydroxyl groups is 1. The van der Waals surface area contributed by atoms with Crippen molar-refractivity contribution in [2.75, 3.05) is 6.61 Å². The van der Waals surface area contributed by atoms with Gasteiger partial charge < -0.3 is 23.9 Å². The number of ether oxygens (including phenoxy) is 3. The number of nitrogens with zero attached hydrogens (tertiary/aromatic N) is 1. The summed E-state index contributed by atoms with van der Waals surface area (Å²) >= 11 is 5.74. The third kappa shape index (κ3) is 5.25. The van der Waals surface area contributed by atoms with E-state index in [2.05, 4.69) is 13.0 Å². The third-order valence-electron chi connectivity index (χ3n) is 4.84. The summed E-state index contributed by atoms with van der Waals surface area (Å²) in [6, 6.07) is 8.17. The molecular formula is C23H33NO4S. The first-order valence-corrected chi connectivity index (χ1v) is 10.5. The van der Waals surface area contributed by atoms with E-state index in [-0.39, 0.29) is 5.60 Å². The number of rotatable bonds is 4. The van der Waals surface area contributed by atoms with Crippen molar-refractivity contribution in [1.29, 1.82) is 0 Å². The summed E-state index contributed by atoms with van der Waals surface area (Å²) in [7, 11) is 0. The minimum absolute atomic E-state index is 0.310. The molecule has 0 unspecified atom stereocenters. The molecule has 1 N–H and O–H groups in total. The average Bonchev–Trinajstić information content (AvgIpc) is 2.87. The highest BCUT2D eigenvalue weighted by atomic mass is 32.1. The molecule has 1 aliphatic heterocycles. The molecule has 5 nitrogen and oxygen atoms in total. The van der Waals surface area contributed by atoms with E-state index in [1.807, 2.05) is 70.5 Å². The van der Waals surface area contributed by atoms with Crippen molar-refractivity contribution in [2.24, 2.45) is 0 Å². The summed E-state index contributed by atoms with van der Waals surface area (Å²) in [5, 5.41) is 13.2. The van der Waals surface area contributed by atoms with Crippen LogP contribution in [-0.4, -0.2) is 45.8 Å². The van der Waals surface area contributed by atoms with Gasteiger partial charge in [-0.1, -0.05) is 36.0 Å². The Labute approximate surface area is 178 Å². The van der Waals surface area contributed by atoms with Gasteiger partial charge in [0.1, 0.15) is 23.0 Å². The van der Waals surface area contributed by atoms with Crippen LogP contribution in [0.25, 0.3) is 10.8 Å². The molecule has 1 aliphatic rings. The Hall–Kier alpha value is -1.31. The Morgan fingerprint density at radius 3 is 2.41 bits per heavy atom. The van der Waals surface area contributed by atoms with Crippen molar-refractivity contribution >= 4 is 23.0 Å². The normalized spacial score (nSPS) is 25.7. The topological polar surface area (TPSA) is 52.9 Å².